The van der Waals surface area contributed by atoms with Crippen molar-refractivity contribution in [3.8, 4) is 6.07 Å². The maximum absolute atomic E-state index is 8.77. The molecule has 64 valence electrons. The normalized spacial score (nSPS) is 10.2. The van der Waals surface area contributed by atoms with Crippen molar-refractivity contribution in [2.75, 3.05) is 0 Å². The number of aryl methyl sites for hydroxylation is 1. The van der Waals surface area contributed by atoms with E-state index in [1.807, 2.05) is 17.5 Å². The topological polar surface area (TPSA) is 41.1 Å². The second-order valence-electron chi connectivity index (χ2n) is 2.77. The highest BCUT2D eigenvalue weighted by molar-refractivity contribution is 9.10. The van der Waals surface area contributed by atoms with Crippen LogP contribution in [0.5, 0.6) is 0 Å². The summed E-state index contributed by atoms with van der Waals surface area (Å²) < 4.78 is 2.73. The van der Waals surface area contributed by atoms with Gasteiger partial charge < -0.3 is 4.40 Å². The molecule has 0 aliphatic heterocycles. The smallest absolute Gasteiger partial charge is 0.138 e. The fourth-order valence-electron chi connectivity index (χ4n) is 1.21. The van der Waals surface area contributed by atoms with Crippen LogP contribution < -0.4 is 0 Å². The maximum atomic E-state index is 8.77. The molecule has 0 unspecified atom stereocenters. The summed E-state index contributed by atoms with van der Waals surface area (Å²) in [6.07, 6.45) is 3.64. The Morgan fingerprint density at radius 1 is 1.62 bits per heavy atom. The van der Waals surface area contributed by atoms with E-state index < -0.39 is 0 Å². The molecule has 4 heteroatoms. The first kappa shape index (κ1) is 8.27. The molecule has 0 aliphatic carbocycles. The fourth-order valence-corrected chi connectivity index (χ4v) is 1.61. The number of hydrogen-bond donors (Lipinski definition) is 0. The number of aromatic nitrogens is 2. The molecule has 0 N–H and O–H groups in total. The van der Waals surface area contributed by atoms with E-state index in [0.717, 1.165) is 15.8 Å². The molecule has 0 amide bonds. The van der Waals surface area contributed by atoms with E-state index in [1.54, 1.807) is 12.3 Å². The molecular formula is C9H6BrN3. The van der Waals surface area contributed by atoms with Gasteiger partial charge in [-0.2, -0.15) is 5.26 Å². The van der Waals surface area contributed by atoms with E-state index >= 15 is 0 Å². The van der Waals surface area contributed by atoms with Gasteiger partial charge >= 0.3 is 0 Å². The van der Waals surface area contributed by atoms with Gasteiger partial charge in [-0.15, -0.1) is 0 Å². The summed E-state index contributed by atoms with van der Waals surface area (Å²) in [6.45, 7) is 1.97. The summed E-state index contributed by atoms with van der Waals surface area (Å²) >= 11 is 3.33. The van der Waals surface area contributed by atoms with Crippen molar-refractivity contribution in [1.29, 1.82) is 5.26 Å². The van der Waals surface area contributed by atoms with Crippen LogP contribution in [0.15, 0.2) is 22.9 Å². The summed E-state index contributed by atoms with van der Waals surface area (Å²) in [5.74, 6) is 0. The lowest BCUT2D eigenvalue weighted by Crippen LogP contribution is -1.89. The van der Waals surface area contributed by atoms with Gasteiger partial charge in [0.15, 0.2) is 0 Å². The Bertz CT molecular complexity index is 507. The maximum Gasteiger partial charge on any atom is 0.138 e. The van der Waals surface area contributed by atoms with Crippen LogP contribution >= 0.6 is 15.9 Å². The minimum absolute atomic E-state index is 0.609. The first-order valence-electron chi connectivity index (χ1n) is 3.75. The molecule has 0 atom stereocenters. The second kappa shape index (κ2) is 2.86. The van der Waals surface area contributed by atoms with E-state index in [9.17, 15) is 0 Å². The van der Waals surface area contributed by atoms with E-state index in [0.29, 0.717) is 5.56 Å². The number of pyridine rings is 1. The highest BCUT2D eigenvalue weighted by Crippen LogP contribution is 2.18. The molecule has 0 spiro atoms. The molecular weight excluding hydrogens is 230 g/mol. The van der Waals surface area contributed by atoms with Gasteiger partial charge in [0.25, 0.3) is 0 Å². The van der Waals surface area contributed by atoms with Crippen molar-refractivity contribution in [3.63, 3.8) is 0 Å². The van der Waals surface area contributed by atoms with E-state index in [1.165, 1.54) is 0 Å². The molecule has 2 rings (SSSR count). The van der Waals surface area contributed by atoms with Gasteiger partial charge in [-0.3, -0.25) is 0 Å². The number of rotatable bonds is 0. The monoisotopic (exact) mass is 235 g/mol. The molecule has 0 fully saturated rings. The number of nitrogens with zero attached hydrogens (tertiary/aromatic N) is 3. The second-order valence-corrected chi connectivity index (χ2v) is 3.63. The van der Waals surface area contributed by atoms with Crippen molar-refractivity contribution in [2.45, 2.75) is 6.92 Å². The third kappa shape index (κ3) is 1.21. The Hall–Kier alpha value is -1.34. The lowest BCUT2D eigenvalue weighted by molar-refractivity contribution is 1.10. The average molecular weight is 236 g/mol. The van der Waals surface area contributed by atoms with Gasteiger partial charge in [0, 0.05) is 24.2 Å². The number of hydrogen-bond acceptors (Lipinski definition) is 2. The van der Waals surface area contributed by atoms with Crippen LogP contribution in [0.2, 0.25) is 0 Å². The summed E-state index contributed by atoms with van der Waals surface area (Å²) in [4.78, 5) is 4.16. The van der Waals surface area contributed by atoms with Gasteiger partial charge in [0.2, 0.25) is 0 Å². The van der Waals surface area contributed by atoms with Crippen LogP contribution in [0.3, 0.4) is 0 Å². The van der Waals surface area contributed by atoms with Crippen molar-refractivity contribution in [1.82, 2.24) is 9.38 Å². The van der Waals surface area contributed by atoms with Crippen LogP contribution in [0.1, 0.15) is 11.3 Å². The molecule has 2 aromatic rings. The third-order valence-corrected chi connectivity index (χ3v) is 2.54. The third-order valence-electron chi connectivity index (χ3n) is 1.90. The van der Waals surface area contributed by atoms with Crippen molar-refractivity contribution < 1.29 is 0 Å². The lowest BCUT2D eigenvalue weighted by atomic mass is 10.3. The molecule has 2 heterocycles. The molecule has 0 saturated heterocycles. The van der Waals surface area contributed by atoms with E-state index in [2.05, 4.69) is 27.0 Å². The number of halogens is 1. The van der Waals surface area contributed by atoms with Crippen LogP contribution in [-0.2, 0) is 0 Å². The zero-order valence-electron chi connectivity index (χ0n) is 6.95. The zero-order chi connectivity index (χ0) is 9.42. The molecule has 0 saturated carbocycles. The minimum Gasteiger partial charge on any atom is -0.303 e. The average Bonchev–Trinajstić information content (AvgIpc) is 2.47. The molecule has 3 nitrogen and oxygen atoms in total. The van der Waals surface area contributed by atoms with Gasteiger partial charge in [-0.05, 0) is 22.9 Å². The zero-order valence-corrected chi connectivity index (χ0v) is 8.54. The summed E-state index contributed by atoms with van der Waals surface area (Å²) in [5.41, 5.74) is 2.47. The van der Waals surface area contributed by atoms with Crippen LogP contribution in [0, 0.1) is 18.3 Å². The Balaban J connectivity index is 2.85. The van der Waals surface area contributed by atoms with E-state index in [4.69, 9.17) is 5.26 Å². The molecule has 0 radical (unpaired) electrons. The largest absolute Gasteiger partial charge is 0.303 e. The van der Waals surface area contributed by atoms with Gasteiger partial charge in [0.1, 0.15) is 11.7 Å². The van der Waals surface area contributed by atoms with Gasteiger partial charge in [-0.1, -0.05) is 0 Å². The molecule has 0 bridgehead atoms. The fraction of sp³-hybridized carbons (Fsp3) is 0.111. The Morgan fingerprint density at radius 3 is 3.08 bits per heavy atom. The Morgan fingerprint density at radius 2 is 2.38 bits per heavy atom. The highest BCUT2D eigenvalue weighted by atomic mass is 79.9. The van der Waals surface area contributed by atoms with Gasteiger partial charge in [0.05, 0.1) is 10.0 Å². The van der Waals surface area contributed by atoms with Crippen LogP contribution in [0.25, 0.3) is 5.65 Å². The molecule has 2 aromatic heterocycles. The van der Waals surface area contributed by atoms with E-state index in [-0.39, 0.29) is 0 Å². The molecule has 0 aromatic carbocycles. The first-order chi connectivity index (χ1) is 6.22. The van der Waals surface area contributed by atoms with Crippen LogP contribution in [-0.4, -0.2) is 9.38 Å². The first-order valence-corrected chi connectivity index (χ1v) is 4.55. The predicted octanol–water partition coefficient (Wildman–Crippen LogP) is 2.28. The highest BCUT2D eigenvalue weighted by Gasteiger charge is 2.04. The number of nitriles is 1. The van der Waals surface area contributed by atoms with Crippen LogP contribution in [0.4, 0.5) is 0 Å². The van der Waals surface area contributed by atoms with Crippen molar-refractivity contribution in [2.24, 2.45) is 0 Å². The van der Waals surface area contributed by atoms with Gasteiger partial charge in [-0.25, -0.2) is 4.98 Å². The Kier molecular flexibility index (Phi) is 1.82. The lowest BCUT2D eigenvalue weighted by Gasteiger charge is -1.98. The van der Waals surface area contributed by atoms with Crippen molar-refractivity contribution in [3.05, 3.63) is 34.2 Å². The number of fused-ring (bicyclic) bond motifs is 1. The minimum atomic E-state index is 0.609. The predicted molar refractivity (Wildman–Crippen MR) is 52.3 cm³/mol. The van der Waals surface area contributed by atoms with Crippen molar-refractivity contribution >= 4 is 21.6 Å². The summed E-state index contributed by atoms with van der Waals surface area (Å²) in [7, 11) is 0. The SMILES string of the molecule is Cc1cnc2cc(C#N)c(Br)cn12. The quantitative estimate of drug-likeness (QED) is 0.704. The standard InChI is InChI=1S/C9H6BrN3/c1-6-4-12-9-2-7(3-11)8(10)5-13(6)9/h2,4-5H,1H3. The summed E-state index contributed by atoms with van der Waals surface area (Å²) in [6, 6.07) is 3.86. The Labute approximate surface area is 83.8 Å². The molecule has 0 aliphatic rings. The number of imidazole rings is 1. The summed E-state index contributed by atoms with van der Waals surface area (Å²) in [5, 5.41) is 8.77. The molecule has 13 heavy (non-hydrogen) atoms.